The van der Waals surface area contributed by atoms with E-state index in [0.29, 0.717) is 62.0 Å². The summed E-state index contributed by atoms with van der Waals surface area (Å²) in [5.41, 5.74) is 19.0. The number of nitrogens with two attached hydrogens (primary N) is 2. The third-order valence-corrected chi connectivity index (χ3v) is 26.4. The number of rotatable bonds is 18. The highest BCUT2D eigenvalue weighted by atomic mass is 35.5. The number of aromatic nitrogens is 2. The van der Waals surface area contributed by atoms with Crippen molar-refractivity contribution in [2.75, 3.05) is 118 Å². The summed E-state index contributed by atoms with van der Waals surface area (Å²) in [6.45, 7) is 19.3. The number of nitro groups is 2. The van der Waals surface area contributed by atoms with Crippen LogP contribution >= 0.6 is 11.6 Å². The molecule has 5 amide bonds. The Morgan fingerprint density at radius 2 is 0.904 bits per heavy atom. The fourth-order valence-corrected chi connectivity index (χ4v) is 17.7. The van der Waals surface area contributed by atoms with Crippen LogP contribution < -0.4 is 27.0 Å². The molecule has 28 nitrogen and oxygen atoms in total. The van der Waals surface area contributed by atoms with Crippen molar-refractivity contribution in [3.8, 4) is 6.07 Å². The number of piperidine rings is 7. The number of non-ortho nitro benzene ring substituents is 2. The number of hydrogen-bond donors (Lipinski definition) is 4. The van der Waals surface area contributed by atoms with Gasteiger partial charge in [-0.05, 0) is 265 Å². The van der Waals surface area contributed by atoms with Gasteiger partial charge in [-0.3, -0.25) is 34.6 Å². The van der Waals surface area contributed by atoms with Gasteiger partial charge in [0.2, 0.25) is 17.7 Å². The number of carbonyl (C=O) groups excluding carboxylic acids is 5. The summed E-state index contributed by atoms with van der Waals surface area (Å²) in [7, 11) is 10.7. The number of carbonyl (C=O) groups is 5. The molecule has 125 heavy (non-hydrogen) atoms. The summed E-state index contributed by atoms with van der Waals surface area (Å²) in [6.07, 6.45) is 23.9. The van der Waals surface area contributed by atoms with Crippen LogP contribution in [-0.2, 0) is 37.1 Å². The molecule has 7 saturated heterocycles. The van der Waals surface area contributed by atoms with Crippen molar-refractivity contribution in [2.24, 2.45) is 23.5 Å². The number of nitro benzene ring substituents is 2. The van der Waals surface area contributed by atoms with Gasteiger partial charge in [-0.25, -0.2) is 19.6 Å². The fourth-order valence-electron chi connectivity index (χ4n) is 17.5. The number of nitriles is 1. The summed E-state index contributed by atoms with van der Waals surface area (Å²) >= 11 is 5.98. The maximum Gasteiger partial charge on any atom is 0.410 e. The quantitative estimate of drug-likeness (QED) is 0.0353. The Morgan fingerprint density at radius 3 is 1.32 bits per heavy atom. The summed E-state index contributed by atoms with van der Waals surface area (Å²) < 4.78 is 10.7. The number of halogens is 1. The van der Waals surface area contributed by atoms with Gasteiger partial charge in [-0.15, -0.1) is 0 Å². The first-order valence-corrected chi connectivity index (χ1v) is 45.7. The van der Waals surface area contributed by atoms with Crippen molar-refractivity contribution in [1.82, 2.24) is 54.9 Å². The topological polar surface area (TPSA) is 342 Å². The predicted octanol–water partition coefficient (Wildman–Crippen LogP) is 15.6. The highest BCUT2D eigenvalue weighted by molar-refractivity contribution is 6.30. The normalized spacial score (nSPS) is 22.3. The number of ether oxygens (including phenoxy) is 2. The van der Waals surface area contributed by atoms with Gasteiger partial charge in [0.05, 0.1) is 16.0 Å². The molecular formula is C96H138ClN17O11. The highest BCUT2D eigenvalue weighted by Crippen LogP contribution is 2.38. The van der Waals surface area contributed by atoms with E-state index in [9.17, 15) is 44.2 Å². The molecule has 5 aromatic carbocycles. The predicted molar refractivity (Wildman–Crippen MR) is 492 cm³/mol. The van der Waals surface area contributed by atoms with Crippen molar-refractivity contribution in [3.63, 3.8) is 0 Å². The van der Waals surface area contributed by atoms with Gasteiger partial charge in [0.1, 0.15) is 25.1 Å². The Hall–Kier alpha value is -9.89. The van der Waals surface area contributed by atoms with Crippen LogP contribution in [0.3, 0.4) is 0 Å². The molecule has 7 aliphatic heterocycles. The fraction of sp³-hybridized carbons (Fsp3) is 0.583. The van der Waals surface area contributed by atoms with Gasteiger partial charge in [0.25, 0.3) is 11.4 Å². The van der Waals surface area contributed by atoms with Crippen LogP contribution in [0.2, 0.25) is 5.15 Å². The van der Waals surface area contributed by atoms with Crippen LogP contribution in [-0.4, -0.2) is 234 Å². The molecule has 2 aliphatic carbocycles. The molecule has 6 N–H and O–H groups in total. The Bertz CT molecular complexity index is 4350. The number of benzene rings is 5. The first-order chi connectivity index (χ1) is 60.0. The molecule has 0 unspecified atom stereocenters. The van der Waals surface area contributed by atoms with Crippen LogP contribution in [0, 0.1) is 49.3 Å². The van der Waals surface area contributed by atoms with E-state index in [1.807, 2.05) is 131 Å². The van der Waals surface area contributed by atoms with Crippen LogP contribution in [0.15, 0.2) is 140 Å². The summed E-state index contributed by atoms with van der Waals surface area (Å²) in [4.78, 5) is 104. The molecule has 9 aliphatic rings. The molecule has 0 radical (unpaired) electrons. The lowest BCUT2D eigenvalue weighted by Gasteiger charge is -2.40. The van der Waals surface area contributed by atoms with Crippen LogP contribution in [0.1, 0.15) is 214 Å². The number of nitrogens with one attached hydrogen (secondary N) is 2. The zero-order chi connectivity index (χ0) is 90.1. The van der Waals surface area contributed by atoms with Gasteiger partial charge in [0, 0.05) is 153 Å². The number of amides is 5. The van der Waals surface area contributed by atoms with E-state index in [2.05, 4.69) is 61.3 Å². The minimum absolute atomic E-state index is 0.0240. The summed E-state index contributed by atoms with van der Waals surface area (Å²) in [6, 6.07) is 46.4. The van der Waals surface area contributed by atoms with Crippen LogP contribution in [0.25, 0.3) is 0 Å². The Kier molecular flexibility index (Phi) is 39.9. The second-order valence-electron chi connectivity index (χ2n) is 35.6. The second-order valence-corrected chi connectivity index (χ2v) is 35.9. The highest BCUT2D eigenvalue weighted by Gasteiger charge is 2.38. The van der Waals surface area contributed by atoms with E-state index in [1.165, 1.54) is 107 Å². The Balaban J connectivity index is 0.000000166. The molecule has 0 spiro atoms. The first-order valence-electron chi connectivity index (χ1n) is 45.3. The zero-order valence-corrected chi connectivity index (χ0v) is 76.2. The standard InChI is InChI=1S/C18H26N2O3.C15H20ClN5O.C14H18N2O2.C14H20N2O2.C14H20N2.C11H14N2O2.C10H20N2O/c1-14-16(12-17(21)19(2)3)10-7-11-20(14)18(22)23-13-15-8-5-4-6-9-15;1-10-11(7-14(22)20(2)3)5-4-6-21(10)13-9-18-12(8-17)15(16)19-13;17-16(18)14-3-1-11(2-4-14)12-7-9-15(10-8-12)13-5-6-13;1-11-13(15)8-5-9-16(11)14(17)18-10-12-6-3-2-4-7-12;15-13-3-1-11(2-4-13)12-7-9-16(10-8-12)14-5-6-14;14-13(15)11-3-1-9(2-4-11)10-5-7-12-8-6-10;1-8-9(5-4-6-11-8)7-10(13)12(2)3/h4-6,8-9,14,16H,7,10-13H2,1-3H3;9-11H,4-7H2,1-3H3;1-4,12-13H,5-10H2;2-4,6-7,11,13H,5,8-10,15H2,1H3;1-4,12,14H,5-10,15H2;1-4,10,12H,5-8H2;8-9,11H,4-7H2,1-3H3/t14-,16+;10-,11+;;11-,13-;;;8-,9+/m11.1..1/s1. The van der Waals surface area contributed by atoms with E-state index in [0.717, 1.165) is 119 Å². The van der Waals surface area contributed by atoms with E-state index in [-0.39, 0.29) is 105 Å². The van der Waals surface area contributed by atoms with E-state index >= 15 is 0 Å². The van der Waals surface area contributed by atoms with Crippen molar-refractivity contribution in [3.05, 3.63) is 199 Å². The molecule has 8 heterocycles. The van der Waals surface area contributed by atoms with Crippen molar-refractivity contribution < 1.29 is 43.3 Å². The molecule has 8 atom stereocenters. The molecule has 680 valence electrons. The largest absolute Gasteiger partial charge is 0.445 e. The lowest BCUT2D eigenvalue weighted by Crippen LogP contribution is -2.52. The lowest BCUT2D eigenvalue weighted by atomic mass is 9.87. The van der Waals surface area contributed by atoms with E-state index in [1.54, 1.807) is 83.2 Å². The number of nitrogen functional groups attached to an aromatic ring is 1. The molecule has 0 bridgehead atoms. The minimum Gasteiger partial charge on any atom is -0.445 e. The number of anilines is 2. The third kappa shape index (κ3) is 31.9. The third-order valence-electron chi connectivity index (χ3n) is 26.2. The van der Waals surface area contributed by atoms with Gasteiger partial charge >= 0.3 is 12.2 Å². The van der Waals surface area contributed by atoms with Gasteiger partial charge in [-0.1, -0.05) is 109 Å². The molecule has 2 saturated carbocycles. The summed E-state index contributed by atoms with van der Waals surface area (Å²) in [5, 5.41) is 36.8. The Morgan fingerprint density at radius 1 is 0.504 bits per heavy atom. The Labute approximate surface area is 746 Å². The molecule has 1 aromatic heterocycles. The van der Waals surface area contributed by atoms with Gasteiger partial charge in [-0.2, -0.15) is 5.26 Å². The second kappa shape index (κ2) is 50.5. The SMILES string of the molecule is C[C@@H]1[C@H](CC(=O)N(C)C)CCCN1C(=O)OCc1ccccc1.C[C@@H]1[C@H](CC(=O)N(C)C)CCCN1c1cnc(C#N)c(Cl)n1.C[C@@H]1[C@H](N)CCCN1C(=O)OCc1ccccc1.C[C@H]1NCCC[C@H]1CC(=O)N(C)C.Nc1ccc(C2CCN(C3CC3)CC2)cc1.O=[N+]([O-])c1ccc(C2CCN(C3CC3)CC2)cc1.O=[N+]([O-])c1ccc(C2CCNCC2)cc1. The average molecular weight is 1740 g/mol. The van der Waals surface area contributed by atoms with E-state index in [4.69, 9.17) is 37.8 Å². The maximum atomic E-state index is 12.4. The smallest absolute Gasteiger partial charge is 0.410 e. The summed E-state index contributed by atoms with van der Waals surface area (Å²) in [5.74, 6) is 4.08. The minimum atomic E-state index is -0.355. The molecular weight excluding hydrogens is 1600 g/mol. The average Bonchev–Trinajstić information content (AvgIpc) is 1.74. The van der Waals surface area contributed by atoms with Crippen LogP contribution in [0.4, 0.5) is 32.5 Å². The molecule has 6 aromatic rings. The maximum absolute atomic E-state index is 12.4. The van der Waals surface area contributed by atoms with Crippen molar-refractivity contribution in [1.29, 1.82) is 5.26 Å². The first kappa shape index (κ1) is 98.9. The number of nitrogens with zero attached hydrogens (tertiary/aromatic N) is 13. The lowest BCUT2D eigenvalue weighted by molar-refractivity contribution is -0.385. The monoisotopic (exact) mass is 1740 g/mol. The number of hydrogen-bond acceptors (Lipinski definition) is 21. The zero-order valence-electron chi connectivity index (χ0n) is 75.5. The molecule has 15 rings (SSSR count). The van der Waals surface area contributed by atoms with E-state index < -0.39 is 0 Å². The molecule has 29 heteroatoms. The van der Waals surface area contributed by atoms with Crippen molar-refractivity contribution in [2.45, 2.75) is 236 Å². The van der Waals surface area contributed by atoms with Gasteiger partial charge < -0.3 is 70.8 Å². The van der Waals surface area contributed by atoms with Crippen LogP contribution in [0.5, 0.6) is 0 Å². The van der Waals surface area contributed by atoms with Gasteiger partial charge in [0.15, 0.2) is 10.8 Å². The number of likely N-dealkylation sites (tertiary alicyclic amines) is 4. The molecule has 9 fully saturated rings. The van der Waals surface area contributed by atoms with Crippen molar-refractivity contribution >= 4 is 64.4 Å².